The number of oxime groups is 1. The fourth-order valence-corrected chi connectivity index (χ4v) is 6.83. The summed E-state index contributed by atoms with van der Waals surface area (Å²) in [5, 5.41) is 19.8. The van der Waals surface area contributed by atoms with Crippen LogP contribution < -0.4 is 20.7 Å². The van der Waals surface area contributed by atoms with Gasteiger partial charge in [0.25, 0.3) is 11.8 Å². The number of hydrogen-bond donors (Lipinski definition) is 2. The molecule has 2 atom stereocenters. The maximum absolute atomic E-state index is 13.1. The zero-order chi connectivity index (χ0) is 25.6. The van der Waals surface area contributed by atoms with Crippen molar-refractivity contribution in [3.8, 4) is 0 Å². The number of amides is 2. The number of carbonyl (C=O) groups is 3. The summed E-state index contributed by atoms with van der Waals surface area (Å²) in [6.45, 7) is 0.364. The number of fused-ring (bicyclic) bond motifs is 2. The highest BCUT2D eigenvalue weighted by molar-refractivity contribution is 8.00. The number of nitrogens with two attached hydrogens (primary N) is 1. The van der Waals surface area contributed by atoms with E-state index in [9.17, 15) is 19.5 Å². The number of nitrogens with zero attached hydrogens (tertiary/aromatic N) is 5. The Morgan fingerprint density at radius 2 is 2.17 bits per heavy atom. The number of carboxylic acid groups (broad SMARTS) is 1. The minimum atomic E-state index is -1.40. The van der Waals surface area contributed by atoms with E-state index in [0.29, 0.717) is 17.9 Å². The number of β-lactam (4-membered cyclic amide) rings is 1. The van der Waals surface area contributed by atoms with Crippen molar-refractivity contribution in [3.05, 3.63) is 40.1 Å². The Labute approximate surface area is 214 Å². The summed E-state index contributed by atoms with van der Waals surface area (Å²) < 4.78 is 4.16. The second kappa shape index (κ2) is 9.58. The molecule has 2 amide bonds. The van der Waals surface area contributed by atoms with Crippen molar-refractivity contribution < 1.29 is 28.9 Å². The van der Waals surface area contributed by atoms with Crippen LogP contribution in [0.25, 0.3) is 0 Å². The van der Waals surface area contributed by atoms with Crippen molar-refractivity contribution >= 4 is 51.7 Å². The zero-order valence-corrected chi connectivity index (χ0v) is 21.4. The van der Waals surface area contributed by atoms with Crippen LogP contribution >= 0.6 is 23.1 Å². The predicted octanol–water partition coefficient (Wildman–Crippen LogP) is -1.32. The first-order valence-corrected chi connectivity index (χ1v) is 13.3. The molecule has 2 aromatic rings. The average molecular weight is 532 g/mol. The van der Waals surface area contributed by atoms with E-state index in [-0.39, 0.29) is 22.2 Å². The van der Waals surface area contributed by atoms with Gasteiger partial charge in [0.2, 0.25) is 6.33 Å². The topological polar surface area (TPSA) is 159 Å². The number of carbonyl (C=O) groups excluding carboxylic acids is 3. The molecule has 0 unspecified atom stereocenters. The summed E-state index contributed by atoms with van der Waals surface area (Å²) in [6, 6.07) is -0.923. The molecular formula is C22H25N7O5S2. The summed E-state index contributed by atoms with van der Waals surface area (Å²) in [7, 11) is 3.28. The van der Waals surface area contributed by atoms with Gasteiger partial charge < -0.3 is 25.8 Å². The lowest BCUT2D eigenvalue weighted by Gasteiger charge is -2.50. The number of hydrogen-bond acceptors (Lipinski definition) is 10. The Hall–Kier alpha value is -3.39. The molecule has 2 aliphatic heterocycles. The van der Waals surface area contributed by atoms with Gasteiger partial charge in [-0.25, -0.2) is 14.1 Å². The van der Waals surface area contributed by atoms with E-state index < -0.39 is 29.2 Å². The molecule has 1 aliphatic carbocycles. The van der Waals surface area contributed by atoms with Gasteiger partial charge in [-0.2, -0.15) is 0 Å². The third-order valence-electron chi connectivity index (χ3n) is 6.55. The number of thiazole rings is 1. The van der Waals surface area contributed by atoms with Crippen molar-refractivity contribution in [3.63, 3.8) is 0 Å². The van der Waals surface area contributed by atoms with E-state index in [1.165, 1.54) is 35.2 Å². The van der Waals surface area contributed by atoms with Crippen LogP contribution in [0.2, 0.25) is 0 Å². The van der Waals surface area contributed by atoms with Gasteiger partial charge in [0.05, 0.1) is 18.7 Å². The number of aromatic nitrogens is 3. The number of aryl methyl sites for hydroxylation is 1. The summed E-state index contributed by atoms with van der Waals surface area (Å²) in [5.41, 5.74) is 8.71. The van der Waals surface area contributed by atoms with Crippen molar-refractivity contribution in [2.24, 2.45) is 12.2 Å². The van der Waals surface area contributed by atoms with Crippen molar-refractivity contribution in [1.29, 1.82) is 0 Å². The lowest BCUT2D eigenvalue weighted by atomic mass is 10.00. The largest absolute Gasteiger partial charge is 0.543 e. The van der Waals surface area contributed by atoms with Gasteiger partial charge in [0.1, 0.15) is 42.2 Å². The van der Waals surface area contributed by atoms with Crippen LogP contribution in [0.3, 0.4) is 0 Å². The van der Waals surface area contributed by atoms with Crippen LogP contribution in [0.5, 0.6) is 0 Å². The minimum Gasteiger partial charge on any atom is -0.543 e. The first kappa shape index (κ1) is 24.3. The number of nitrogens with one attached hydrogen (secondary N) is 1. The molecule has 1 saturated heterocycles. The number of thioether (sulfide) groups is 1. The second-order valence-electron chi connectivity index (χ2n) is 8.75. The molecular weight excluding hydrogens is 506 g/mol. The molecule has 14 heteroatoms. The van der Waals surface area contributed by atoms with Crippen LogP contribution in [0.15, 0.2) is 28.1 Å². The summed E-state index contributed by atoms with van der Waals surface area (Å²) in [4.78, 5) is 48.2. The molecule has 0 spiro atoms. The van der Waals surface area contributed by atoms with Gasteiger partial charge in [0.15, 0.2) is 10.8 Å². The summed E-state index contributed by atoms with van der Waals surface area (Å²) >= 11 is 2.54. The number of rotatable bonds is 7. The standard InChI is InChI=1S/C22H25N7O5S2/c1-27-10-28(14-6-4-3-5-13(14)27)7-11-8-35-20-16(19(31)29(20)17(11)21(32)33)25-18(30)15(26-34-2)12-9-36-22(23)24-12/h9-10,16,20H,3-8H2,1-2H3,(H3-,23,24,25,30,32,33)/b26-15-/t16-,20-/m1/s1. The lowest BCUT2D eigenvalue weighted by Crippen LogP contribution is -2.71. The fraction of sp³-hybridized carbons (Fsp3) is 0.455. The monoisotopic (exact) mass is 531 g/mol. The highest BCUT2D eigenvalue weighted by Crippen LogP contribution is 2.40. The first-order valence-electron chi connectivity index (χ1n) is 11.4. The Balaban J connectivity index is 1.36. The Bertz CT molecular complexity index is 1310. The number of imidazole rings is 1. The zero-order valence-electron chi connectivity index (χ0n) is 19.7. The van der Waals surface area contributed by atoms with Crippen molar-refractivity contribution in [2.75, 3.05) is 18.6 Å². The molecule has 3 aliphatic rings. The SMILES string of the molecule is CO/N=C(\C(=O)N[C@@H]1C(=O)N2C(C(=O)[O-])=C(Cn3c[n+](C)c4c3CCCC4)CS[C@H]12)c1csc(N)n1. The number of carboxylic acids is 1. The summed E-state index contributed by atoms with van der Waals surface area (Å²) in [5.74, 6) is -2.20. The van der Waals surface area contributed by atoms with Gasteiger partial charge in [-0.15, -0.1) is 23.1 Å². The third kappa shape index (κ3) is 4.13. The normalized spacial score (nSPS) is 21.6. The second-order valence-corrected chi connectivity index (χ2v) is 10.7. The highest BCUT2D eigenvalue weighted by atomic mass is 32.2. The Morgan fingerprint density at radius 1 is 1.39 bits per heavy atom. The van der Waals surface area contributed by atoms with E-state index in [0.717, 1.165) is 37.0 Å². The summed E-state index contributed by atoms with van der Waals surface area (Å²) in [6.07, 6.45) is 6.14. The molecule has 0 saturated carbocycles. The van der Waals surface area contributed by atoms with Crippen LogP contribution in [0.1, 0.15) is 29.9 Å². The average Bonchev–Trinajstić information content (AvgIpc) is 3.43. The van der Waals surface area contributed by atoms with Gasteiger partial charge >= 0.3 is 0 Å². The van der Waals surface area contributed by atoms with E-state index in [1.54, 1.807) is 5.38 Å². The molecule has 0 radical (unpaired) electrons. The minimum absolute atomic E-state index is 0.117. The van der Waals surface area contributed by atoms with Crippen LogP contribution in [-0.4, -0.2) is 62.2 Å². The third-order valence-corrected chi connectivity index (χ3v) is 8.56. The highest BCUT2D eigenvalue weighted by Gasteiger charge is 2.53. The smallest absolute Gasteiger partial charge is 0.276 e. The molecule has 36 heavy (non-hydrogen) atoms. The molecule has 0 aromatic carbocycles. The van der Waals surface area contributed by atoms with Crippen LogP contribution in [0, 0.1) is 0 Å². The van der Waals surface area contributed by atoms with Gasteiger partial charge in [0, 0.05) is 29.5 Å². The molecule has 5 rings (SSSR count). The van der Waals surface area contributed by atoms with Crippen molar-refractivity contribution in [1.82, 2.24) is 19.8 Å². The van der Waals surface area contributed by atoms with E-state index in [4.69, 9.17) is 10.6 Å². The molecule has 190 valence electrons. The molecule has 2 aromatic heterocycles. The number of aliphatic carboxylic acids is 1. The molecule has 12 nitrogen and oxygen atoms in total. The first-order chi connectivity index (χ1) is 17.3. The van der Waals surface area contributed by atoms with E-state index >= 15 is 0 Å². The van der Waals surface area contributed by atoms with Crippen LogP contribution in [0.4, 0.5) is 5.13 Å². The predicted molar refractivity (Wildman–Crippen MR) is 129 cm³/mol. The Morgan fingerprint density at radius 3 is 2.86 bits per heavy atom. The van der Waals surface area contributed by atoms with E-state index in [1.807, 2.05) is 13.4 Å². The molecule has 1 fully saturated rings. The maximum atomic E-state index is 13.1. The number of anilines is 1. The fourth-order valence-electron chi connectivity index (χ4n) is 4.95. The molecule has 4 heterocycles. The van der Waals surface area contributed by atoms with Gasteiger partial charge in [-0.3, -0.25) is 14.5 Å². The maximum Gasteiger partial charge on any atom is 0.276 e. The quantitative estimate of drug-likeness (QED) is 0.193. The molecule has 0 bridgehead atoms. The van der Waals surface area contributed by atoms with Gasteiger partial charge in [-0.1, -0.05) is 5.16 Å². The number of nitrogen functional groups attached to an aromatic ring is 1. The Kier molecular flexibility index (Phi) is 6.47. The lowest BCUT2D eigenvalue weighted by molar-refractivity contribution is -0.678. The van der Waals surface area contributed by atoms with Crippen LogP contribution in [-0.2, 0) is 45.7 Å². The van der Waals surface area contributed by atoms with Gasteiger partial charge in [-0.05, 0) is 12.8 Å². The van der Waals surface area contributed by atoms with E-state index in [2.05, 4.69) is 24.6 Å². The molecule has 3 N–H and O–H groups in total. The van der Waals surface area contributed by atoms with Crippen molar-refractivity contribution in [2.45, 2.75) is 43.6 Å².